The lowest BCUT2D eigenvalue weighted by Crippen LogP contribution is -2.36. The van der Waals surface area contributed by atoms with E-state index in [4.69, 9.17) is 19.9 Å². The second-order valence-corrected chi connectivity index (χ2v) is 14.8. The van der Waals surface area contributed by atoms with Crippen LogP contribution >= 0.6 is 23.5 Å². The highest BCUT2D eigenvalue weighted by atomic mass is 32.2. The first kappa shape index (κ1) is 30.0. The Bertz CT molecular complexity index is 2210. The van der Waals surface area contributed by atoms with Gasteiger partial charge in [0.2, 0.25) is 0 Å². The minimum absolute atomic E-state index is 0.581. The van der Waals surface area contributed by atoms with Crippen LogP contribution in [0, 0.1) is 0 Å². The first-order valence-corrected chi connectivity index (χ1v) is 18.5. The van der Waals surface area contributed by atoms with E-state index in [9.17, 15) is 0 Å². The van der Waals surface area contributed by atoms with Crippen molar-refractivity contribution in [2.75, 3.05) is 0 Å². The lowest BCUT2D eigenvalue weighted by Gasteiger charge is -2.46. The number of fused-ring (bicyclic) bond motifs is 8. The summed E-state index contributed by atoms with van der Waals surface area (Å²) in [4.78, 5) is 23.7. The van der Waals surface area contributed by atoms with Gasteiger partial charge in [0, 0.05) is 66.6 Å². The summed E-state index contributed by atoms with van der Waals surface area (Å²) in [6, 6.07) is 52.0. The van der Waals surface area contributed by atoms with Crippen molar-refractivity contribution in [2.45, 2.75) is 25.0 Å². The molecule has 2 aliphatic heterocycles. The quantitative estimate of drug-likeness (QED) is 0.183. The Kier molecular flexibility index (Phi) is 7.18. The highest BCUT2D eigenvalue weighted by Crippen LogP contribution is 2.62. The zero-order valence-electron chi connectivity index (χ0n) is 27.3. The summed E-state index contributed by atoms with van der Waals surface area (Å²) < 4.78 is 0. The van der Waals surface area contributed by atoms with E-state index in [1.165, 1.54) is 41.8 Å². The molecule has 0 N–H and O–H groups in total. The largest absolute Gasteiger partial charge is 0.256 e. The van der Waals surface area contributed by atoms with Gasteiger partial charge in [0.05, 0.1) is 28.2 Å². The van der Waals surface area contributed by atoms with Crippen LogP contribution in [-0.2, 0) is 5.41 Å². The number of aromatic nitrogens is 4. The van der Waals surface area contributed by atoms with E-state index in [0.717, 1.165) is 45.0 Å². The Hall–Kier alpha value is -5.82. The number of pyridine rings is 4. The Labute approximate surface area is 304 Å². The first-order valence-electron chi connectivity index (χ1n) is 16.9. The fourth-order valence-corrected chi connectivity index (χ4v) is 10.1. The number of benzene rings is 4. The van der Waals surface area contributed by atoms with E-state index in [-0.39, 0.29) is 0 Å². The van der Waals surface area contributed by atoms with Crippen molar-refractivity contribution in [1.82, 2.24) is 19.9 Å². The summed E-state index contributed by atoms with van der Waals surface area (Å²) in [6.45, 7) is 0. The topological polar surface area (TPSA) is 51.6 Å². The van der Waals surface area contributed by atoms with Crippen molar-refractivity contribution in [2.24, 2.45) is 0 Å². The lowest BCUT2D eigenvalue weighted by atomic mass is 9.64. The number of hydrogen-bond donors (Lipinski definition) is 0. The predicted octanol–water partition coefficient (Wildman–Crippen LogP) is 11.2. The summed E-state index contributed by atoms with van der Waals surface area (Å²) in [6.07, 6.45) is 7.45. The molecule has 6 heterocycles. The maximum absolute atomic E-state index is 4.72. The SMILES string of the molecule is c1ccc(-c2ccc3c(c2)Sc2cc(-c4ccccn4)ccc2C32c3ccc(-c4ccccn4)cc3Sc3cc(-c4ccccn4)ccc32)nc1. The summed E-state index contributed by atoms with van der Waals surface area (Å²) in [5, 5.41) is 0. The van der Waals surface area contributed by atoms with E-state index in [1.54, 1.807) is 0 Å². The fourth-order valence-electron chi connectivity index (χ4n) is 7.55. The molecule has 0 amide bonds. The van der Waals surface area contributed by atoms with Crippen LogP contribution in [-0.4, -0.2) is 19.9 Å². The third-order valence-electron chi connectivity index (χ3n) is 9.82. The minimum atomic E-state index is -0.581. The lowest BCUT2D eigenvalue weighted by molar-refractivity contribution is 0.667. The average Bonchev–Trinajstić information content (AvgIpc) is 3.21. The highest BCUT2D eigenvalue weighted by molar-refractivity contribution is 8.00. The van der Waals surface area contributed by atoms with E-state index in [1.807, 2.05) is 96.8 Å². The van der Waals surface area contributed by atoms with Crippen LogP contribution in [0.25, 0.3) is 45.0 Å². The van der Waals surface area contributed by atoms with Gasteiger partial charge in [-0.1, -0.05) is 96.3 Å². The number of rotatable bonds is 4. The van der Waals surface area contributed by atoms with E-state index < -0.39 is 5.41 Å². The summed E-state index contributed by atoms with van der Waals surface area (Å²) in [7, 11) is 0. The molecule has 10 rings (SSSR count). The Balaban J connectivity index is 1.28. The van der Waals surface area contributed by atoms with Gasteiger partial charge < -0.3 is 0 Å². The van der Waals surface area contributed by atoms with Gasteiger partial charge in [0.1, 0.15) is 0 Å². The van der Waals surface area contributed by atoms with Crippen molar-refractivity contribution in [3.63, 3.8) is 0 Å². The Morgan fingerprint density at radius 2 is 0.588 bits per heavy atom. The maximum Gasteiger partial charge on any atom is 0.0745 e. The summed E-state index contributed by atoms with van der Waals surface area (Å²) in [5.41, 5.74) is 12.7. The Morgan fingerprint density at radius 1 is 0.314 bits per heavy atom. The molecular weight excluding hydrogens is 661 g/mol. The molecule has 0 atom stereocenters. The van der Waals surface area contributed by atoms with Gasteiger partial charge in [-0.05, 0) is 95.1 Å². The van der Waals surface area contributed by atoms with Crippen LogP contribution in [0.1, 0.15) is 22.3 Å². The summed E-state index contributed by atoms with van der Waals surface area (Å²) >= 11 is 3.67. The third kappa shape index (κ3) is 4.94. The van der Waals surface area contributed by atoms with Gasteiger partial charge in [0.25, 0.3) is 0 Å². The fraction of sp³-hybridized carbons (Fsp3) is 0.0222. The smallest absolute Gasteiger partial charge is 0.0745 e. The first-order chi connectivity index (χ1) is 25.3. The molecule has 0 radical (unpaired) electrons. The van der Waals surface area contributed by atoms with Crippen molar-refractivity contribution < 1.29 is 0 Å². The molecule has 0 saturated heterocycles. The molecular formula is C45H28N4S2. The van der Waals surface area contributed by atoms with Crippen molar-refractivity contribution in [3.05, 3.63) is 193 Å². The van der Waals surface area contributed by atoms with Crippen LogP contribution in [0.4, 0.5) is 0 Å². The number of hydrogen-bond acceptors (Lipinski definition) is 6. The average molecular weight is 689 g/mol. The van der Waals surface area contributed by atoms with Crippen molar-refractivity contribution in [1.29, 1.82) is 0 Å². The van der Waals surface area contributed by atoms with Gasteiger partial charge in [-0.3, -0.25) is 19.9 Å². The zero-order chi connectivity index (χ0) is 33.8. The monoisotopic (exact) mass is 688 g/mol. The van der Waals surface area contributed by atoms with Crippen LogP contribution in [0.3, 0.4) is 0 Å². The molecule has 0 aliphatic carbocycles. The molecule has 4 aromatic heterocycles. The highest BCUT2D eigenvalue weighted by Gasteiger charge is 2.49. The van der Waals surface area contributed by atoms with Crippen molar-refractivity contribution >= 4 is 23.5 Å². The van der Waals surface area contributed by atoms with E-state index in [0.29, 0.717) is 0 Å². The van der Waals surface area contributed by atoms with Gasteiger partial charge in [-0.2, -0.15) is 0 Å². The van der Waals surface area contributed by atoms with Gasteiger partial charge >= 0.3 is 0 Å². The number of nitrogens with zero attached hydrogens (tertiary/aromatic N) is 4. The molecule has 1 spiro atoms. The molecule has 4 nitrogen and oxygen atoms in total. The van der Waals surface area contributed by atoms with Gasteiger partial charge in [0.15, 0.2) is 0 Å². The molecule has 0 unspecified atom stereocenters. The molecule has 8 aromatic rings. The molecule has 0 saturated carbocycles. The normalized spacial score (nSPS) is 13.5. The molecule has 240 valence electrons. The second kappa shape index (κ2) is 12.2. The predicted molar refractivity (Wildman–Crippen MR) is 206 cm³/mol. The second-order valence-electron chi connectivity index (χ2n) is 12.7. The standard InChI is InChI=1S/C45H28N4S2/c1-5-21-46-37(9-1)29-13-17-33-41(25-29)50-42-26-30(38-10-2-6-22-47-38)14-18-34(42)45(33)35-19-15-31(39-11-3-7-23-48-39)27-43(35)51-44-28-32(16-20-36(44)45)40-12-4-8-24-49-40/h1-28H. The molecule has 0 bridgehead atoms. The van der Waals surface area contributed by atoms with Gasteiger partial charge in [-0.25, -0.2) is 0 Å². The zero-order valence-corrected chi connectivity index (χ0v) is 28.9. The maximum atomic E-state index is 4.72. The molecule has 4 aromatic carbocycles. The minimum Gasteiger partial charge on any atom is -0.256 e. The molecule has 6 heteroatoms. The Morgan fingerprint density at radius 3 is 0.824 bits per heavy atom. The van der Waals surface area contributed by atoms with Crippen LogP contribution in [0.15, 0.2) is 190 Å². The van der Waals surface area contributed by atoms with E-state index >= 15 is 0 Å². The third-order valence-corrected chi connectivity index (χ3v) is 12.1. The van der Waals surface area contributed by atoms with Crippen LogP contribution in [0.5, 0.6) is 0 Å². The molecule has 2 aliphatic rings. The van der Waals surface area contributed by atoms with Crippen LogP contribution in [0.2, 0.25) is 0 Å². The van der Waals surface area contributed by atoms with Gasteiger partial charge in [-0.15, -0.1) is 0 Å². The molecule has 51 heavy (non-hydrogen) atoms. The van der Waals surface area contributed by atoms with E-state index in [2.05, 4.69) is 97.1 Å². The van der Waals surface area contributed by atoms with Crippen molar-refractivity contribution in [3.8, 4) is 45.0 Å². The summed E-state index contributed by atoms with van der Waals surface area (Å²) in [5.74, 6) is 0. The molecule has 0 fully saturated rings. The van der Waals surface area contributed by atoms with Crippen LogP contribution < -0.4 is 0 Å².